The summed E-state index contributed by atoms with van der Waals surface area (Å²) in [5.41, 5.74) is 1.09. The van der Waals surface area contributed by atoms with E-state index in [2.05, 4.69) is 12.2 Å². The number of rotatable bonds is 17. The van der Waals surface area contributed by atoms with Crippen molar-refractivity contribution in [3.63, 3.8) is 0 Å². The van der Waals surface area contributed by atoms with Crippen LogP contribution in [0.5, 0.6) is 0 Å². The molecule has 0 aromatic heterocycles. The zero-order valence-electron chi connectivity index (χ0n) is 18.8. The molecule has 0 unspecified atom stereocenters. The van der Waals surface area contributed by atoms with Gasteiger partial charge in [0.1, 0.15) is 0 Å². The molecule has 150 valence electrons. The van der Waals surface area contributed by atoms with Crippen molar-refractivity contribution in [2.24, 2.45) is 0 Å². The van der Waals surface area contributed by atoms with Gasteiger partial charge in [-0.1, -0.05) is 103 Å². The molecule has 1 rings (SSSR count). The van der Waals surface area contributed by atoms with E-state index < -0.39 is 5.97 Å². The molecule has 0 saturated carbocycles. The van der Waals surface area contributed by atoms with Crippen LogP contribution in [0.3, 0.4) is 0 Å². The normalized spacial score (nSPS) is 10.4. The summed E-state index contributed by atoms with van der Waals surface area (Å²) in [7, 11) is 0. The van der Waals surface area contributed by atoms with E-state index in [4.69, 9.17) is 5.11 Å². The van der Waals surface area contributed by atoms with Crippen molar-refractivity contribution in [1.29, 1.82) is 0 Å². The Balaban J connectivity index is 0. The standard InChI is InChI=1S/C23H39NO2.Na.H/c1-2-3-4-5-6-7-8-9-10-11-12-13-14-17-20-24-22-19-16-15-18-21(22)23(25)26;;/h15-16,18-19,24H,2-14,17,20H2,1H3,(H,25,26);;/q;+1;-1. The maximum atomic E-state index is 11.1. The number of hydrogen-bond donors (Lipinski definition) is 2. The van der Waals surface area contributed by atoms with Crippen LogP contribution in [0.15, 0.2) is 24.3 Å². The Labute approximate surface area is 190 Å². The van der Waals surface area contributed by atoms with Crippen LogP contribution in [0.25, 0.3) is 0 Å². The van der Waals surface area contributed by atoms with Crippen molar-refractivity contribution in [1.82, 2.24) is 0 Å². The first-order valence-electron chi connectivity index (χ1n) is 10.8. The van der Waals surface area contributed by atoms with Gasteiger partial charge in [-0.05, 0) is 18.6 Å². The molecule has 0 spiro atoms. The fourth-order valence-corrected chi connectivity index (χ4v) is 3.37. The van der Waals surface area contributed by atoms with Crippen molar-refractivity contribution in [3.05, 3.63) is 29.8 Å². The average Bonchev–Trinajstić information content (AvgIpc) is 2.65. The summed E-state index contributed by atoms with van der Waals surface area (Å²) in [4.78, 5) is 11.1. The van der Waals surface area contributed by atoms with Gasteiger partial charge in [-0.2, -0.15) is 0 Å². The van der Waals surface area contributed by atoms with Crippen molar-refractivity contribution in [2.75, 3.05) is 11.9 Å². The Kier molecular flexibility index (Phi) is 18.5. The number of unbranched alkanes of at least 4 members (excludes halogenated alkanes) is 13. The molecule has 0 heterocycles. The fraction of sp³-hybridized carbons (Fsp3) is 0.696. The molecule has 0 radical (unpaired) electrons. The van der Waals surface area contributed by atoms with Gasteiger partial charge in [-0.25, -0.2) is 4.79 Å². The molecule has 0 aliphatic heterocycles. The van der Waals surface area contributed by atoms with Crippen LogP contribution in [0.4, 0.5) is 5.69 Å². The summed E-state index contributed by atoms with van der Waals surface area (Å²) < 4.78 is 0. The topological polar surface area (TPSA) is 49.3 Å². The van der Waals surface area contributed by atoms with Gasteiger partial charge in [0.2, 0.25) is 0 Å². The molecule has 0 aliphatic carbocycles. The van der Waals surface area contributed by atoms with Crippen LogP contribution in [-0.2, 0) is 0 Å². The first-order chi connectivity index (χ1) is 12.8. The summed E-state index contributed by atoms with van der Waals surface area (Å²) in [6, 6.07) is 7.13. The van der Waals surface area contributed by atoms with Gasteiger partial charge in [0.05, 0.1) is 5.56 Å². The molecular formula is C23H40NNaO2. The first-order valence-corrected chi connectivity index (χ1v) is 10.8. The third kappa shape index (κ3) is 14.2. The summed E-state index contributed by atoms with van der Waals surface area (Å²) >= 11 is 0. The van der Waals surface area contributed by atoms with Gasteiger partial charge in [-0.15, -0.1) is 0 Å². The first kappa shape index (κ1) is 26.5. The van der Waals surface area contributed by atoms with Gasteiger partial charge < -0.3 is 11.8 Å². The predicted octanol–water partition coefficient (Wildman–Crippen LogP) is 4.39. The number of para-hydroxylation sites is 1. The van der Waals surface area contributed by atoms with Crippen molar-refractivity contribution >= 4 is 11.7 Å². The van der Waals surface area contributed by atoms with E-state index in [-0.39, 0.29) is 31.0 Å². The van der Waals surface area contributed by atoms with E-state index >= 15 is 0 Å². The van der Waals surface area contributed by atoms with Crippen LogP contribution in [0.1, 0.15) is 109 Å². The molecule has 1 aromatic rings. The Bertz CT molecular complexity index is 485. The van der Waals surface area contributed by atoms with Crippen molar-refractivity contribution in [3.8, 4) is 0 Å². The van der Waals surface area contributed by atoms with Gasteiger partial charge in [0.25, 0.3) is 0 Å². The maximum Gasteiger partial charge on any atom is 1.00 e. The number of nitrogens with one attached hydrogen (secondary N) is 1. The number of anilines is 1. The second-order valence-electron chi connectivity index (χ2n) is 7.37. The minimum atomic E-state index is -0.867. The second-order valence-corrected chi connectivity index (χ2v) is 7.37. The predicted molar refractivity (Wildman–Crippen MR) is 113 cm³/mol. The molecule has 4 heteroatoms. The molecule has 0 bridgehead atoms. The summed E-state index contributed by atoms with van der Waals surface area (Å²) in [5.74, 6) is -0.867. The largest absolute Gasteiger partial charge is 1.00 e. The summed E-state index contributed by atoms with van der Waals surface area (Å²) in [5, 5.41) is 12.4. The zero-order chi connectivity index (χ0) is 18.9. The molecular weight excluding hydrogens is 345 g/mol. The molecule has 2 N–H and O–H groups in total. The van der Waals surface area contributed by atoms with Gasteiger partial charge in [-0.3, -0.25) is 0 Å². The number of aromatic carboxylic acids is 1. The number of carboxylic acid groups (broad SMARTS) is 1. The zero-order valence-corrected chi connectivity index (χ0v) is 19.8. The number of hydrogen-bond acceptors (Lipinski definition) is 2. The SMILES string of the molecule is CCCCCCCCCCCCCCCCNc1ccccc1C(=O)O.[H-].[Na+]. The van der Waals surface area contributed by atoms with Crippen LogP contribution >= 0.6 is 0 Å². The number of benzene rings is 1. The third-order valence-electron chi connectivity index (χ3n) is 5.00. The van der Waals surface area contributed by atoms with Crippen LogP contribution in [0.2, 0.25) is 0 Å². The molecule has 0 saturated heterocycles. The van der Waals surface area contributed by atoms with E-state index in [0.29, 0.717) is 5.56 Å². The summed E-state index contributed by atoms with van der Waals surface area (Å²) in [6.45, 7) is 3.12. The van der Waals surface area contributed by atoms with E-state index in [1.54, 1.807) is 12.1 Å². The smallest absolute Gasteiger partial charge is 1.00 e. The number of carboxylic acids is 1. The van der Waals surface area contributed by atoms with Crippen molar-refractivity contribution in [2.45, 2.75) is 96.8 Å². The van der Waals surface area contributed by atoms with Gasteiger partial charge in [0, 0.05) is 12.2 Å². The molecule has 1 aromatic carbocycles. The van der Waals surface area contributed by atoms with E-state index in [9.17, 15) is 4.79 Å². The fourth-order valence-electron chi connectivity index (χ4n) is 3.37. The maximum absolute atomic E-state index is 11.1. The Morgan fingerprint density at radius 2 is 1.26 bits per heavy atom. The van der Waals surface area contributed by atoms with E-state index in [1.807, 2.05) is 12.1 Å². The molecule has 27 heavy (non-hydrogen) atoms. The molecule has 3 nitrogen and oxygen atoms in total. The molecule has 0 amide bonds. The minimum absolute atomic E-state index is 0. The molecule has 0 fully saturated rings. The van der Waals surface area contributed by atoms with Gasteiger partial charge in [0.15, 0.2) is 0 Å². The quantitative estimate of drug-likeness (QED) is 0.309. The van der Waals surface area contributed by atoms with E-state index in [0.717, 1.165) is 18.7 Å². The summed E-state index contributed by atoms with van der Waals surface area (Å²) in [6.07, 6.45) is 19.0. The third-order valence-corrected chi connectivity index (χ3v) is 5.00. The minimum Gasteiger partial charge on any atom is -1.00 e. The van der Waals surface area contributed by atoms with Crippen molar-refractivity contribution < 1.29 is 40.9 Å². The van der Waals surface area contributed by atoms with Crippen LogP contribution < -0.4 is 34.9 Å². The van der Waals surface area contributed by atoms with Crippen LogP contribution in [0, 0.1) is 0 Å². The molecule has 0 atom stereocenters. The Hall–Kier alpha value is -0.510. The van der Waals surface area contributed by atoms with Crippen LogP contribution in [-0.4, -0.2) is 17.6 Å². The van der Waals surface area contributed by atoms with E-state index in [1.165, 1.54) is 83.5 Å². The Morgan fingerprint density at radius 3 is 1.74 bits per heavy atom. The monoisotopic (exact) mass is 385 g/mol. The van der Waals surface area contributed by atoms with Gasteiger partial charge >= 0.3 is 35.5 Å². The molecule has 0 aliphatic rings. The average molecular weight is 386 g/mol. The second kappa shape index (κ2) is 18.8. The Morgan fingerprint density at radius 1 is 0.815 bits per heavy atom. The number of carbonyl (C=O) groups is 1.